The molecule has 2 heterocycles. The van der Waals surface area contributed by atoms with E-state index >= 15 is 0 Å². The topological polar surface area (TPSA) is 77.5 Å². The minimum absolute atomic E-state index is 0.0435. The Labute approximate surface area is 196 Å². The second-order valence-corrected chi connectivity index (χ2v) is 8.65. The fraction of sp³-hybridized carbons (Fsp3) is 0.500. The number of allylic oxidation sites excluding steroid dienone is 1. The molecule has 2 fully saturated rings. The van der Waals surface area contributed by atoms with Crippen molar-refractivity contribution in [3.05, 3.63) is 64.5 Å². The van der Waals surface area contributed by atoms with Gasteiger partial charge in [-0.1, -0.05) is 24.8 Å². The van der Waals surface area contributed by atoms with E-state index in [0.29, 0.717) is 49.1 Å². The van der Waals surface area contributed by atoms with Gasteiger partial charge in [-0.2, -0.15) is 0 Å². The Kier molecular flexibility index (Phi) is 7.39. The SMILES string of the molecule is C=C(Cc1nc(C)nc(NCc2cccc(C(F)F)c2F)c1C1OCCO1)NC1(COC)CC1. The summed E-state index contributed by atoms with van der Waals surface area (Å²) in [5.41, 5.74) is 1.41. The average molecular weight is 479 g/mol. The number of aryl methyl sites for hydroxylation is 1. The third-order valence-electron chi connectivity index (χ3n) is 5.88. The van der Waals surface area contributed by atoms with Gasteiger partial charge in [0.15, 0.2) is 6.29 Å². The number of halogens is 3. The Morgan fingerprint density at radius 1 is 1.26 bits per heavy atom. The molecule has 34 heavy (non-hydrogen) atoms. The molecule has 1 aliphatic carbocycles. The van der Waals surface area contributed by atoms with E-state index in [1.165, 1.54) is 12.1 Å². The van der Waals surface area contributed by atoms with Gasteiger partial charge in [0.05, 0.1) is 42.2 Å². The summed E-state index contributed by atoms with van der Waals surface area (Å²) < 4.78 is 57.5. The predicted molar refractivity (Wildman–Crippen MR) is 120 cm³/mol. The summed E-state index contributed by atoms with van der Waals surface area (Å²) in [6, 6.07) is 3.95. The van der Waals surface area contributed by atoms with Crippen molar-refractivity contribution in [2.75, 3.05) is 32.2 Å². The van der Waals surface area contributed by atoms with Gasteiger partial charge < -0.3 is 24.8 Å². The van der Waals surface area contributed by atoms with Crippen molar-refractivity contribution in [2.24, 2.45) is 0 Å². The summed E-state index contributed by atoms with van der Waals surface area (Å²) in [4.78, 5) is 9.09. The number of ether oxygens (including phenoxy) is 3. The number of hydrogen-bond acceptors (Lipinski definition) is 7. The van der Waals surface area contributed by atoms with Gasteiger partial charge in [-0.3, -0.25) is 0 Å². The van der Waals surface area contributed by atoms with Gasteiger partial charge in [-0.15, -0.1) is 0 Å². The lowest BCUT2D eigenvalue weighted by Gasteiger charge is -2.23. The highest BCUT2D eigenvalue weighted by molar-refractivity contribution is 5.49. The summed E-state index contributed by atoms with van der Waals surface area (Å²) in [7, 11) is 1.67. The fourth-order valence-electron chi connectivity index (χ4n) is 4.12. The lowest BCUT2D eigenvalue weighted by atomic mass is 10.1. The molecule has 10 heteroatoms. The van der Waals surface area contributed by atoms with E-state index in [1.54, 1.807) is 14.0 Å². The van der Waals surface area contributed by atoms with E-state index in [1.807, 2.05) is 0 Å². The maximum Gasteiger partial charge on any atom is 0.266 e. The first kappa shape index (κ1) is 24.4. The molecule has 0 bridgehead atoms. The molecule has 2 N–H and O–H groups in total. The number of benzene rings is 1. The molecule has 0 unspecified atom stereocenters. The molecule has 2 aliphatic rings. The van der Waals surface area contributed by atoms with E-state index in [0.717, 1.165) is 24.6 Å². The van der Waals surface area contributed by atoms with Crippen LogP contribution in [0.1, 0.15) is 53.8 Å². The number of nitrogens with zero attached hydrogens (tertiary/aromatic N) is 2. The van der Waals surface area contributed by atoms with Gasteiger partial charge in [0.2, 0.25) is 0 Å². The van der Waals surface area contributed by atoms with Crippen LogP contribution in [0.2, 0.25) is 0 Å². The molecule has 1 aromatic carbocycles. The molecule has 7 nitrogen and oxygen atoms in total. The zero-order valence-corrected chi connectivity index (χ0v) is 19.3. The first-order valence-corrected chi connectivity index (χ1v) is 11.2. The molecule has 1 saturated carbocycles. The number of methoxy groups -OCH3 is 1. The first-order chi connectivity index (χ1) is 16.3. The van der Waals surface area contributed by atoms with Gasteiger partial charge in [-0.25, -0.2) is 23.1 Å². The third kappa shape index (κ3) is 5.51. The van der Waals surface area contributed by atoms with Crippen LogP contribution in [-0.2, 0) is 27.2 Å². The third-order valence-corrected chi connectivity index (χ3v) is 5.88. The molecule has 0 radical (unpaired) electrons. The van der Waals surface area contributed by atoms with Crippen LogP contribution in [0.15, 0.2) is 30.5 Å². The van der Waals surface area contributed by atoms with Crippen molar-refractivity contribution in [3.63, 3.8) is 0 Å². The number of alkyl halides is 2. The zero-order chi connectivity index (χ0) is 24.3. The Morgan fingerprint density at radius 2 is 2.00 bits per heavy atom. The molecule has 0 atom stereocenters. The smallest absolute Gasteiger partial charge is 0.266 e. The highest BCUT2D eigenvalue weighted by atomic mass is 19.3. The van der Waals surface area contributed by atoms with E-state index in [2.05, 4.69) is 27.2 Å². The van der Waals surface area contributed by atoms with E-state index in [-0.39, 0.29) is 17.6 Å². The number of aromatic nitrogens is 2. The normalized spacial score (nSPS) is 17.2. The number of nitrogens with one attached hydrogen (secondary N) is 2. The molecule has 1 aliphatic heterocycles. The van der Waals surface area contributed by atoms with Gasteiger partial charge in [0.25, 0.3) is 6.43 Å². The molecule has 0 spiro atoms. The summed E-state index contributed by atoms with van der Waals surface area (Å²) in [5, 5.41) is 6.54. The Balaban J connectivity index is 1.59. The lowest BCUT2D eigenvalue weighted by Crippen LogP contribution is -2.35. The zero-order valence-electron chi connectivity index (χ0n) is 19.3. The lowest BCUT2D eigenvalue weighted by molar-refractivity contribution is -0.0446. The summed E-state index contributed by atoms with van der Waals surface area (Å²) in [5.74, 6) is -0.0367. The molecular weight excluding hydrogens is 449 g/mol. The van der Waals surface area contributed by atoms with Crippen LogP contribution in [0.3, 0.4) is 0 Å². The highest BCUT2D eigenvalue weighted by Crippen LogP contribution is 2.37. The molecule has 2 aromatic rings. The summed E-state index contributed by atoms with van der Waals surface area (Å²) in [6.45, 7) is 7.29. The minimum Gasteiger partial charge on any atom is -0.382 e. The average Bonchev–Trinajstić information content (AvgIpc) is 3.30. The number of rotatable bonds is 11. The molecule has 1 saturated heterocycles. The van der Waals surface area contributed by atoms with Crippen molar-refractivity contribution in [2.45, 2.75) is 51.0 Å². The van der Waals surface area contributed by atoms with Crippen molar-refractivity contribution in [1.82, 2.24) is 15.3 Å². The first-order valence-electron chi connectivity index (χ1n) is 11.2. The minimum atomic E-state index is -2.89. The van der Waals surface area contributed by atoms with Crippen LogP contribution in [-0.4, -0.2) is 42.4 Å². The van der Waals surface area contributed by atoms with E-state index < -0.39 is 24.1 Å². The van der Waals surface area contributed by atoms with Crippen molar-refractivity contribution < 1.29 is 27.4 Å². The van der Waals surface area contributed by atoms with Crippen LogP contribution < -0.4 is 10.6 Å². The summed E-state index contributed by atoms with van der Waals surface area (Å²) in [6.07, 6.45) is -1.19. The molecule has 1 aromatic heterocycles. The molecule has 184 valence electrons. The highest BCUT2D eigenvalue weighted by Gasteiger charge is 2.43. The van der Waals surface area contributed by atoms with Crippen molar-refractivity contribution in [1.29, 1.82) is 0 Å². The second kappa shape index (κ2) is 10.3. The number of anilines is 1. The standard InChI is InChI=1S/C24H29F3N4O3/c1-14(31-24(7-8-24)13-32-3)11-18-19(23-33-9-10-34-23)22(30-15(2)29-18)28-12-16-5-4-6-17(20(16)25)21(26)27/h4-6,21,23,31H,1,7-13H2,2-3H3,(H,28,29,30). The Bertz CT molecular complexity index is 1040. The Morgan fingerprint density at radius 3 is 2.65 bits per heavy atom. The van der Waals surface area contributed by atoms with Gasteiger partial charge in [0, 0.05) is 31.3 Å². The van der Waals surface area contributed by atoms with Crippen molar-refractivity contribution >= 4 is 5.82 Å². The van der Waals surface area contributed by atoms with Crippen LogP contribution in [0.5, 0.6) is 0 Å². The number of hydrogen-bond donors (Lipinski definition) is 2. The maximum absolute atomic E-state index is 14.6. The summed E-state index contributed by atoms with van der Waals surface area (Å²) >= 11 is 0. The monoisotopic (exact) mass is 478 g/mol. The van der Waals surface area contributed by atoms with Gasteiger partial charge in [-0.05, 0) is 19.8 Å². The molecular formula is C24H29F3N4O3. The quantitative estimate of drug-likeness (QED) is 0.497. The predicted octanol–water partition coefficient (Wildman–Crippen LogP) is 4.34. The second-order valence-electron chi connectivity index (χ2n) is 8.65. The fourth-order valence-corrected chi connectivity index (χ4v) is 4.12. The van der Waals surface area contributed by atoms with Crippen LogP contribution in [0.4, 0.5) is 19.0 Å². The van der Waals surface area contributed by atoms with Crippen LogP contribution in [0.25, 0.3) is 0 Å². The van der Waals surface area contributed by atoms with E-state index in [9.17, 15) is 13.2 Å². The van der Waals surface area contributed by atoms with Crippen LogP contribution in [0, 0.1) is 12.7 Å². The van der Waals surface area contributed by atoms with E-state index in [4.69, 9.17) is 14.2 Å². The van der Waals surface area contributed by atoms with Gasteiger partial charge in [0.1, 0.15) is 17.5 Å². The molecule has 4 rings (SSSR count). The molecule has 0 amide bonds. The maximum atomic E-state index is 14.6. The largest absolute Gasteiger partial charge is 0.382 e. The van der Waals surface area contributed by atoms with Gasteiger partial charge >= 0.3 is 0 Å². The Hall–Kier alpha value is -2.69. The van der Waals surface area contributed by atoms with Crippen molar-refractivity contribution in [3.8, 4) is 0 Å². The van der Waals surface area contributed by atoms with Crippen LogP contribution >= 0.6 is 0 Å².